The maximum absolute atomic E-state index is 13.8. The lowest BCUT2D eigenvalue weighted by atomic mass is 10.0. The Balaban J connectivity index is 1.65. The minimum Gasteiger partial charge on any atom is -0.445 e. The minimum absolute atomic E-state index is 0.0206. The number of aliphatic imine (C=N–C) groups is 2. The van der Waals surface area contributed by atoms with Crippen LogP contribution in [0.1, 0.15) is 23.6 Å². The molecule has 0 saturated heterocycles. The number of fused-ring (bicyclic) bond motifs is 1. The number of ether oxygens (including phenoxy) is 1. The van der Waals surface area contributed by atoms with Gasteiger partial charge in [0.15, 0.2) is 0 Å². The second kappa shape index (κ2) is 12.5. The van der Waals surface area contributed by atoms with Crippen LogP contribution in [-0.2, 0) is 20.9 Å². The summed E-state index contributed by atoms with van der Waals surface area (Å²) in [5, 5.41) is 3.67. The van der Waals surface area contributed by atoms with E-state index < -0.39 is 24.1 Å². The Morgan fingerprint density at radius 2 is 1.62 bits per heavy atom. The number of alkyl carbamates (subject to hydrolysis) is 1. The number of hydrazine groups is 1. The first-order valence-electron chi connectivity index (χ1n) is 12.3. The lowest BCUT2D eigenvalue weighted by Crippen LogP contribution is -2.54. The zero-order chi connectivity index (χ0) is 27.8. The van der Waals surface area contributed by atoms with Crippen LogP contribution in [0.25, 0.3) is 0 Å². The number of carbonyl (C=O) groups is 3. The van der Waals surface area contributed by atoms with Crippen molar-refractivity contribution in [2.75, 3.05) is 25.6 Å². The van der Waals surface area contributed by atoms with Gasteiger partial charge in [-0.15, -0.1) is 0 Å². The molecule has 1 aliphatic rings. The van der Waals surface area contributed by atoms with Crippen LogP contribution >= 0.6 is 0 Å². The van der Waals surface area contributed by atoms with Crippen molar-refractivity contribution >= 4 is 35.1 Å². The zero-order valence-corrected chi connectivity index (χ0v) is 22.0. The Kier molecular flexibility index (Phi) is 8.67. The van der Waals surface area contributed by atoms with E-state index >= 15 is 0 Å². The summed E-state index contributed by atoms with van der Waals surface area (Å²) >= 11 is 0. The summed E-state index contributed by atoms with van der Waals surface area (Å²) in [6, 6.07) is 25.6. The maximum atomic E-state index is 13.8. The number of anilines is 1. The fourth-order valence-corrected chi connectivity index (χ4v) is 3.76. The molecule has 0 saturated carbocycles. The van der Waals surface area contributed by atoms with E-state index in [0.717, 1.165) is 16.1 Å². The number of benzene rings is 3. The van der Waals surface area contributed by atoms with Crippen molar-refractivity contribution in [3.63, 3.8) is 0 Å². The molecule has 1 heterocycles. The Labute approximate surface area is 227 Å². The van der Waals surface area contributed by atoms with Crippen molar-refractivity contribution in [3.8, 4) is 0 Å². The van der Waals surface area contributed by atoms with Crippen molar-refractivity contribution in [2.45, 2.75) is 19.7 Å². The van der Waals surface area contributed by atoms with Gasteiger partial charge in [-0.25, -0.2) is 14.8 Å². The first-order chi connectivity index (χ1) is 18.8. The van der Waals surface area contributed by atoms with Gasteiger partial charge in [0, 0.05) is 25.2 Å². The predicted molar refractivity (Wildman–Crippen MR) is 149 cm³/mol. The summed E-state index contributed by atoms with van der Waals surface area (Å²) < 4.78 is 5.34. The van der Waals surface area contributed by atoms with Gasteiger partial charge >= 0.3 is 6.09 Å². The van der Waals surface area contributed by atoms with Crippen molar-refractivity contribution in [2.24, 2.45) is 9.98 Å². The number of carbonyl (C=O) groups excluding carboxylic acids is 3. The topological polar surface area (TPSA) is 116 Å². The van der Waals surface area contributed by atoms with Gasteiger partial charge in [0.05, 0.1) is 17.2 Å². The first kappa shape index (κ1) is 27.1. The van der Waals surface area contributed by atoms with Crippen LogP contribution < -0.4 is 15.8 Å². The lowest BCUT2D eigenvalue weighted by molar-refractivity contribution is -0.126. The fraction of sp³-hybridized carbons (Fsp3) is 0.207. The third-order valence-corrected chi connectivity index (χ3v) is 5.96. The highest BCUT2D eigenvalue weighted by molar-refractivity contribution is 6.20. The number of amidine groups is 1. The van der Waals surface area contributed by atoms with Gasteiger partial charge in [-0.05, 0) is 18.6 Å². The molecule has 200 valence electrons. The molecule has 2 N–H and O–H groups in total. The van der Waals surface area contributed by atoms with Gasteiger partial charge in [0.2, 0.25) is 6.17 Å². The lowest BCUT2D eigenvalue weighted by Gasteiger charge is -2.25. The van der Waals surface area contributed by atoms with E-state index in [1.54, 1.807) is 30.0 Å². The van der Waals surface area contributed by atoms with Gasteiger partial charge < -0.3 is 9.64 Å². The van der Waals surface area contributed by atoms with E-state index in [0.29, 0.717) is 22.8 Å². The summed E-state index contributed by atoms with van der Waals surface area (Å²) in [5.41, 5.74) is 5.67. The van der Waals surface area contributed by atoms with Crippen LogP contribution in [0.15, 0.2) is 94.9 Å². The van der Waals surface area contributed by atoms with Crippen LogP contribution in [0.2, 0.25) is 0 Å². The molecule has 0 fully saturated rings. The molecule has 4 rings (SSSR count). The SMILES string of the molecule is CC(=NCC(=O)NN1C(=O)C(NC(=O)OCc2ccccc2)N=C(c2ccccc2)c2ccccc21)N(C)C. The highest BCUT2D eigenvalue weighted by atomic mass is 16.5. The molecule has 0 spiro atoms. The van der Waals surface area contributed by atoms with Gasteiger partial charge in [-0.1, -0.05) is 78.9 Å². The number of para-hydroxylation sites is 1. The number of hydrogen-bond donors (Lipinski definition) is 2. The highest BCUT2D eigenvalue weighted by Crippen LogP contribution is 2.27. The van der Waals surface area contributed by atoms with Crippen LogP contribution in [0.3, 0.4) is 0 Å². The molecule has 0 aromatic heterocycles. The van der Waals surface area contributed by atoms with Crippen LogP contribution in [-0.4, -0.2) is 61.2 Å². The Bertz CT molecular complexity index is 1390. The molecular weight excluding hydrogens is 496 g/mol. The summed E-state index contributed by atoms with van der Waals surface area (Å²) in [5.74, 6) is -0.511. The van der Waals surface area contributed by atoms with E-state index in [4.69, 9.17) is 4.74 Å². The summed E-state index contributed by atoms with van der Waals surface area (Å²) in [4.78, 5) is 50.1. The van der Waals surface area contributed by atoms with Gasteiger partial charge in [0.25, 0.3) is 11.8 Å². The predicted octanol–water partition coefficient (Wildman–Crippen LogP) is 3.13. The molecule has 1 unspecified atom stereocenters. The molecular formula is C29H30N6O4. The maximum Gasteiger partial charge on any atom is 0.409 e. The summed E-state index contributed by atoms with van der Waals surface area (Å²) in [7, 11) is 3.64. The molecule has 3 aromatic carbocycles. The monoisotopic (exact) mass is 526 g/mol. The van der Waals surface area contributed by atoms with Gasteiger partial charge in [-0.2, -0.15) is 0 Å². The quantitative estimate of drug-likeness (QED) is 0.363. The third-order valence-electron chi connectivity index (χ3n) is 5.96. The second-order valence-electron chi connectivity index (χ2n) is 8.94. The molecule has 39 heavy (non-hydrogen) atoms. The Hall–Kier alpha value is -4.99. The molecule has 0 bridgehead atoms. The van der Waals surface area contributed by atoms with E-state index in [1.165, 1.54) is 0 Å². The molecule has 0 radical (unpaired) electrons. The third kappa shape index (κ3) is 6.86. The normalized spacial score (nSPS) is 15.0. The summed E-state index contributed by atoms with van der Waals surface area (Å²) in [6.45, 7) is 1.60. The molecule has 10 nitrogen and oxygen atoms in total. The number of nitrogens with one attached hydrogen (secondary N) is 2. The average molecular weight is 527 g/mol. The van der Waals surface area contributed by atoms with Crippen molar-refractivity contribution in [1.82, 2.24) is 15.6 Å². The van der Waals surface area contributed by atoms with E-state index in [1.807, 2.05) is 80.8 Å². The number of benzodiazepines with no additional fused rings is 1. The number of nitrogens with zero attached hydrogens (tertiary/aromatic N) is 4. The van der Waals surface area contributed by atoms with Gasteiger partial charge in [0.1, 0.15) is 13.2 Å². The second-order valence-corrected chi connectivity index (χ2v) is 8.94. The Morgan fingerprint density at radius 3 is 2.31 bits per heavy atom. The highest BCUT2D eigenvalue weighted by Gasteiger charge is 2.34. The van der Waals surface area contributed by atoms with Crippen molar-refractivity contribution in [3.05, 3.63) is 102 Å². The van der Waals surface area contributed by atoms with E-state index in [2.05, 4.69) is 20.7 Å². The van der Waals surface area contributed by atoms with Crippen molar-refractivity contribution in [1.29, 1.82) is 0 Å². The summed E-state index contributed by atoms with van der Waals surface area (Å²) in [6.07, 6.45) is -2.19. The van der Waals surface area contributed by atoms with Crippen molar-refractivity contribution < 1.29 is 19.1 Å². The number of rotatable bonds is 7. The first-order valence-corrected chi connectivity index (χ1v) is 12.3. The Morgan fingerprint density at radius 1 is 0.974 bits per heavy atom. The number of amides is 3. The van der Waals surface area contributed by atoms with Crippen LogP contribution in [0.5, 0.6) is 0 Å². The molecule has 3 amide bonds. The van der Waals surface area contributed by atoms with Crippen LogP contribution in [0.4, 0.5) is 10.5 Å². The van der Waals surface area contributed by atoms with Gasteiger partial charge in [-0.3, -0.25) is 25.3 Å². The van der Waals surface area contributed by atoms with E-state index in [-0.39, 0.29) is 13.2 Å². The molecule has 1 aliphatic heterocycles. The standard InChI is InChI=1S/C29H30N6O4/c1-20(34(2)3)30-18-25(36)33-35-24-17-11-10-16-23(24)26(22-14-8-5-9-15-22)31-27(28(35)37)32-29(38)39-19-21-12-6-4-7-13-21/h4-17,27H,18-19H2,1-3H3,(H,32,38)(H,33,36). The zero-order valence-electron chi connectivity index (χ0n) is 22.0. The van der Waals surface area contributed by atoms with E-state index in [9.17, 15) is 14.4 Å². The molecule has 0 aliphatic carbocycles. The average Bonchev–Trinajstić information content (AvgIpc) is 3.06. The largest absolute Gasteiger partial charge is 0.445 e. The smallest absolute Gasteiger partial charge is 0.409 e. The molecule has 10 heteroatoms. The fourth-order valence-electron chi connectivity index (χ4n) is 3.76. The number of hydrogen-bond acceptors (Lipinski definition) is 6. The van der Waals surface area contributed by atoms with Crippen LogP contribution in [0, 0.1) is 0 Å². The molecule has 1 atom stereocenters. The minimum atomic E-state index is -1.37. The molecule has 3 aromatic rings.